The smallest absolute Gasteiger partial charge is 0.308 e. The Morgan fingerprint density at radius 3 is 2.59 bits per heavy atom. The quantitative estimate of drug-likeness (QED) is 0.702. The summed E-state index contributed by atoms with van der Waals surface area (Å²) in [7, 11) is 3.43. The molecule has 1 amide bonds. The summed E-state index contributed by atoms with van der Waals surface area (Å²) in [5, 5.41) is 16.6. The van der Waals surface area contributed by atoms with Crippen LogP contribution < -0.4 is 10.1 Å². The summed E-state index contributed by atoms with van der Waals surface area (Å²) < 4.78 is 7.08. The molecule has 0 bridgehead atoms. The van der Waals surface area contributed by atoms with Gasteiger partial charge in [-0.1, -0.05) is 18.2 Å². The molecule has 0 spiro atoms. The predicted octanol–water partition coefficient (Wildman–Crippen LogP) is 2.04. The number of hydrogen-bond donors (Lipinski definition) is 2. The van der Waals surface area contributed by atoms with E-state index in [1.807, 2.05) is 39.1 Å². The van der Waals surface area contributed by atoms with Crippen molar-refractivity contribution >= 4 is 11.9 Å². The lowest BCUT2D eigenvalue weighted by Gasteiger charge is -2.15. The van der Waals surface area contributed by atoms with Gasteiger partial charge in [-0.25, -0.2) is 0 Å². The SMILES string of the molecule is COc1ccccc1CC(CNC(=O)CCc1c(C)nn(C)c1C)C(=O)O. The number of benzene rings is 1. The van der Waals surface area contributed by atoms with Crippen LogP contribution in [0.1, 0.15) is 28.9 Å². The molecular formula is C20H27N3O4. The standard InChI is InChI=1S/C20H27N3O4/c1-13-17(14(2)23(3)22-13)9-10-19(24)21-12-16(20(25)26)11-15-7-5-6-8-18(15)27-4/h5-8,16H,9-12H2,1-4H3,(H,21,24)(H,25,26). The number of nitrogens with zero attached hydrogens (tertiary/aromatic N) is 2. The van der Waals surface area contributed by atoms with E-state index in [4.69, 9.17) is 4.74 Å². The second-order valence-electron chi connectivity index (χ2n) is 6.63. The molecule has 0 aliphatic rings. The first-order valence-electron chi connectivity index (χ1n) is 8.94. The van der Waals surface area contributed by atoms with E-state index in [-0.39, 0.29) is 12.5 Å². The molecule has 146 valence electrons. The third-order valence-corrected chi connectivity index (χ3v) is 4.81. The predicted molar refractivity (Wildman–Crippen MR) is 102 cm³/mol. The Morgan fingerprint density at radius 2 is 2.00 bits per heavy atom. The summed E-state index contributed by atoms with van der Waals surface area (Å²) in [5.74, 6) is -1.17. The van der Waals surface area contributed by atoms with Gasteiger partial charge < -0.3 is 15.2 Å². The van der Waals surface area contributed by atoms with Crippen molar-refractivity contribution in [2.75, 3.05) is 13.7 Å². The van der Waals surface area contributed by atoms with Gasteiger partial charge in [-0.2, -0.15) is 5.10 Å². The Bertz CT molecular complexity index is 814. The number of hydrogen-bond acceptors (Lipinski definition) is 4. The van der Waals surface area contributed by atoms with Crippen LogP contribution in [-0.2, 0) is 29.5 Å². The number of rotatable bonds is 9. The Morgan fingerprint density at radius 1 is 1.30 bits per heavy atom. The highest BCUT2D eigenvalue weighted by molar-refractivity contribution is 5.77. The minimum absolute atomic E-state index is 0.0806. The van der Waals surface area contributed by atoms with Crippen LogP contribution >= 0.6 is 0 Å². The Balaban J connectivity index is 1.91. The molecule has 2 aromatic rings. The number of carboxylic acids is 1. The number of ether oxygens (including phenoxy) is 1. The van der Waals surface area contributed by atoms with Gasteiger partial charge in [0, 0.05) is 25.7 Å². The maximum Gasteiger partial charge on any atom is 0.308 e. The fourth-order valence-electron chi connectivity index (χ4n) is 3.13. The van der Waals surface area contributed by atoms with E-state index < -0.39 is 11.9 Å². The summed E-state index contributed by atoms with van der Waals surface area (Å²) in [6.45, 7) is 3.98. The molecular weight excluding hydrogens is 346 g/mol. The highest BCUT2D eigenvalue weighted by atomic mass is 16.5. The molecule has 1 unspecified atom stereocenters. The molecule has 7 heteroatoms. The summed E-state index contributed by atoms with van der Waals surface area (Å²) >= 11 is 0. The number of para-hydroxylation sites is 1. The number of carboxylic acid groups (broad SMARTS) is 1. The summed E-state index contributed by atoms with van der Waals surface area (Å²) in [4.78, 5) is 23.8. The largest absolute Gasteiger partial charge is 0.496 e. The highest BCUT2D eigenvalue weighted by Gasteiger charge is 2.21. The van der Waals surface area contributed by atoms with Crippen LogP contribution in [-0.4, -0.2) is 40.4 Å². The number of methoxy groups -OCH3 is 1. The van der Waals surface area contributed by atoms with Gasteiger partial charge in [0.1, 0.15) is 5.75 Å². The number of nitrogens with one attached hydrogen (secondary N) is 1. The minimum atomic E-state index is -0.944. The van der Waals surface area contributed by atoms with Crippen LogP contribution in [0.3, 0.4) is 0 Å². The van der Waals surface area contributed by atoms with Gasteiger partial charge in [0.15, 0.2) is 0 Å². The second kappa shape index (κ2) is 9.21. The zero-order chi connectivity index (χ0) is 20.0. The number of amides is 1. The molecule has 0 saturated heterocycles. The minimum Gasteiger partial charge on any atom is -0.496 e. The number of carbonyl (C=O) groups excluding carboxylic acids is 1. The molecule has 27 heavy (non-hydrogen) atoms. The highest BCUT2D eigenvalue weighted by Crippen LogP contribution is 2.21. The number of aryl methyl sites for hydroxylation is 2. The van der Waals surface area contributed by atoms with Crippen LogP contribution in [0.25, 0.3) is 0 Å². The van der Waals surface area contributed by atoms with Crippen molar-refractivity contribution in [1.29, 1.82) is 0 Å². The molecule has 1 aromatic heterocycles. The Hall–Kier alpha value is -2.83. The normalized spacial score (nSPS) is 11.9. The number of carbonyl (C=O) groups is 2. The maximum absolute atomic E-state index is 12.2. The second-order valence-corrected chi connectivity index (χ2v) is 6.63. The van der Waals surface area contributed by atoms with Crippen LogP contribution in [0.4, 0.5) is 0 Å². The van der Waals surface area contributed by atoms with Crippen molar-refractivity contribution < 1.29 is 19.4 Å². The lowest BCUT2D eigenvalue weighted by molar-refractivity contribution is -0.141. The van der Waals surface area contributed by atoms with Crippen LogP contribution in [0.5, 0.6) is 5.75 Å². The summed E-state index contributed by atoms with van der Waals surface area (Å²) in [5.41, 5.74) is 3.84. The van der Waals surface area contributed by atoms with E-state index in [9.17, 15) is 14.7 Å². The van der Waals surface area contributed by atoms with Crippen LogP contribution in [0.15, 0.2) is 24.3 Å². The fraction of sp³-hybridized carbons (Fsp3) is 0.450. The number of aliphatic carboxylic acids is 1. The van der Waals surface area contributed by atoms with E-state index in [0.717, 1.165) is 22.5 Å². The first-order chi connectivity index (χ1) is 12.8. The lowest BCUT2D eigenvalue weighted by Crippen LogP contribution is -2.34. The topological polar surface area (TPSA) is 93.5 Å². The van der Waals surface area contributed by atoms with Crippen molar-refractivity contribution in [2.45, 2.75) is 33.1 Å². The molecule has 0 radical (unpaired) electrons. The molecule has 2 N–H and O–H groups in total. The summed E-state index contributed by atoms with van der Waals surface area (Å²) in [6.07, 6.45) is 1.18. The fourth-order valence-corrected chi connectivity index (χ4v) is 3.13. The summed E-state index contributed by atoms with van der Waals surface area (Å²) in [6, 6.07) is 7.31. The maximum atomic E-state index is 12.2. The molecule has 7 nitrogen and oxygen atoms in total. The van der Waals surface area contributed by atoms with Gasteiger partial charge in [-0.05, 0) is 43.9 Å². The van der Waals surface area contributed by atoms with Gasteiger partial charge in [0.05, 0.1) is 18.7 Å². The average Bonchev–Trinajstić information content (AvgIpc) is 2.88. The monoisotopic (exact) mass is 373 g/mol. The molecule has 0 aliphatic heterocycles. The van der Waals surface area contributed by atoms with E-state index in [1.165, 1.54) is 0 Å². The van der Waals surface area contributed by atoms with Crippen LogP contribution in [0.2, 0.25) is 0 Å². The van der Waals surface area contributed by atoms with E-state index in [1.54, 1.807) is 17.9 Å². The van der Waals surface area contributed by atoms with Gasteiger partial charge in [-0.15, -0.1) is 0 Å². The lowest BCUT2D eigenvalue weighted by atomic mass is 9.98. The van der Waals surface area contributed by atoms with Crippen LogP contribution in [0, 0.1) is 19.8 Å². The van der Waals surface area contributed by atoms with E-state index >= 15 is 0 Å². The van der Waals surface area contributed by atoms with Crippen molar-refractivity contribution in [1.82, 2.24) is 15.1 Å². The molecule has 0 saturated carbocycles. The molecule has 0 fully saturated rings. The third kappa shape index (κ3) is 5.32. The molecule has 1 heterocycles. The third-order valence-electron chi connectivity index (χ3n) is 4.81. The van der Waals surface area contributed by atoms with Crippen molar-refractivity contribution in [2.24, 2.45) is 13.0 Å². The van der Waals surface area contributed by atoms with Gasteiger partial charge in [0.2, 0.25) is 5.91 Å². The molecule has 1 atom stereocenters. The van der Waals surface area contributed by atoms with Crippen molar-refractivity contribution in [3.05, 3.63) is 46.8 Å². The first kappa shape index (κ1) is 20.5. The first-order valence-corrected chi connectivity index (χ1v) is 8.94. The Kier molecular flexibility index (Phi) is 6.98. The number of aromatic nitrogens is 2. The van der Waals surface area contributed by atoms with E-state index in [0.29, 0.717) is 25.0 Å². The van der Waals surface area contributed by atoms with Crippen molar-refractivity contribution in [3.8, 4) is 5.75 Å². The molecule has 1 aromatic carbocycles. The molecule has 0 aliphatic carbocycles. The van der Waals surface area contributed by atoms with Gasteiger partial charge >= 0.3 is 5.97 Å². The molecule has 2 rings (SSSR count). The zero-order valence-corrected chi connectivity index (χ0v) is 16.3. The van der Waals surface area contributed by atoms with Crippen molar-refractivity contribution in [3.63, 3.8) is 0 Å². The van der Waals surface area contributed by atoms with E-state index in [2.05, 4.69) is 10.4 Å². The van der Waals surface area contributed by atoms with Gasteiger partial charge in [-0.3, -0.25) is 14.3 Å². The van der Waals surface area contributed by atoms with Gasteiger partial charge in [0.25, 0.3) is 0 Å². The average molecular weight is 373 g/mol. The Labute approximate surface area is 159 Å². The zero-order valence-electron chi connectivity index (χ0n) is 16.3.